The first-order valence-corrected chi connectivity index (χ1v) is 37.7. The number of nitrogens with one attached hydrogen (secondary N) is 1. The Morgan fingerprint density at radius 2 is 0.719 bits per heavy atom. The second-order valence-electron chi connectivity index (χ2n) is 26.8. The molecule has 0 aromatic rings. The number of rotatable bonds is 63. The van der Waals surface area contributed by atoms with Crippen LogP contribution in [0.5, 0.6) is 0 Å². The van der Waals surface area contributed by atoms with E-state index >= 15 is 0 Å². The van der Waals surface area contributed by atoms with Crippen LogP contribution < -0.4 is 5.32 Å². The molecule has 2 rings (SSSR count). The molecule has 12 atom stereocenters. The number of carbonyl (C=O) groups is 1. The smallest absolute Gasteiger partial charge is 0.220 e. The lowest BCUT2D eigenvalue weighted by Crippen LogP contribution is -2.65. The minimum Gasteiger partial charge on any atom is -0.394 e. The van der Waals surface area contributed by atoms with Gasteiger partial charge in [-0.25, -0.2) is 0 Å². The average Bonchev–Trinajstić information content (AvgIpc) is 2.53. The van der Waals surface area contributed by atoms with Crippen LogP contribution in [0.4, 0.5) is 0 Å². The van der Waals surface area contributed by atoms with Crippen LogP contribution in [0.25, 0.3) is 0 Å². The molecular weight excluding hydrogens is 1120 g/mol. The maximum atomic E-state index is 13.3. The van der Waals surface area contributed by atoms with Gasteiger partial charge in [0.2, 0.25) is 5.91 Å². The van der Waals surface area contributed by atoms with Crippen LogP contribution in [-0.2, 0) is 23.7 Å². The number of aliphatic hydroxyl groups excluding tert-OH is 8. The van der Waals surface area contributed by atoms with Crippen molar-refractivity contribution < 1.29 is 64.6 Å². The second kappa shape index (κ2) is 59.9. The number of hydrogen-bond acceptors (Lipinski definition) is 13. The summed E-state index contributed by atoms with van der Waals surface area (Å²) in [6.07, 6.45) is 60.8. The molecule has 2 aliphatic rings. The molecule has 89 heavy (non-hydrogen) atoms. The van der Waals surface area contributed by atoms with E-state index in [2.05, 4.69) is 43.5 Å². The van der Waals surface area contributed by atoms with Gasteiger partial charge in [0.15, 0.2) is 12.6 Å². The molecule has 0 aliphatic carbocycles. The molecule has 9 N–H and O–H groups in total. The first-order chi connectivity index (χ1) is 43.6. The summed E-state index contributed by atoms with van der Waals surface area (Å²) in [7, 11) is 0. The Morgan fingerprint density at radius 3 is 1.10 bits per heavy atom. The Labute approximate surface area is 544 Å². The van der Waals surface area contributed by atoms with E-state index in [1.165, 1.54) is 263 Å². The highest BCUT2D eigenvalue weighted by molar-refractivity contribution is 5.76. The molecule has 0 aromatic heterocycles. The van der Waals surface area contributed by atoms with Crippen LogP contribution >= 0.6 is 0 Å². The highest BCUT2D eigenvalue weighted by Crippen LogP contribution is 2.30. The molecule has 14 heteroatoms. The normalized spacial score (nSPS) is 23.2. The van der Waals surface area contributed by atoms with Gasteiger partial charge in [-0.15, -0.1) is 0 Å². The molecule has 12 unspecified atom stereocenters. The number of ether oxygens (including phenoxy) is 4. The quantitative estimate of drug-likeness (QED) is 0.0204. The summed E-state index contributed by atoms with van der Waals surface area (Å²) in [5.41, 5.74) is 0. The molecule has 2 fully saturated rings. The zero-order valence-corrected chi connectivity index (χ0v) is 57.2. The molecular formula is C75H141NO13. The van der Waals surface area contributed by atoms with Gasteiger partial charge in [-0.3, -0.25) is 4.79 Å². The number of amides is 1. The van der Waals surface area contributed by atoms with Gasteiger partial charge in [0.1, 0.15) is 48.8 Å². The maximum Gasteiger partial charge on any atom is 0.220 e. The van der Waals surface area contributed by atoms with Crippen molar-refractivity contribution in [2.45, 2.75) is 415 Å². The van der Waals surface area contributed by atoms with E-state index in [-0.39, 0.29) is 18.9 Å². The van der Waals surface area contributed by atoms with E-state index in [0.717, 1.165) is 44.9 Å². The monoisotopic (exact) mass is 1260 g/mol. The van der Waals surface area contributed by atoms with E-state index in [9.17, 15) is 45.6 Å². The predicted octanol–water partition coefficient (Wildman–Crippen LogP) is 16.1. The number of hydrogen-bond donors (Lipinski definition) is 9. The highest BCUT2D eigenvalue weighted by Gasteiger charge is 2.51. The van der Waals surface area contributed by atoms with Crippen molar-refractivity contribution in [1.82, 2.24) is 5.32 Å². The standard InChI is InChI=1S/C75H141NO13/c1-3-5-7-9-11-13-15-17-19-21-23-25-27-29-30-31-32-33-34-35-37-39-41-43-45-47-49-51-53-55-57-59-67(80)76-63(62-86-74-72(85)70(83)73(66(61-78)88-74)89-75-71(84)69(82)68(81)65(60-77)87-75)64(79)58-56-54-52-50-48-46-44-42-40-38-36-28-26-24-22-20-18-16-14-12-10-8-6-4-2/h40,42,48,50,56,58,63-66,68-75,77-79,81-85H,3-39,41,43-47,49,51-55,57,59-62H2,1-2H3,(H,76,80)/b42-40+,50-48+,58-56+. The van der Waals surface area contributed by atoms with E-state index in [1.807, 2.05) is 6.08 Å². The van der Waals surface area contributed by atoms with E-state index in [4.69, 9.17) is 18.9 Å². The summed E-state index contributed by atoms with van der Waals surface area (Å²) >= 11 is 0. The Balaban J connectivity index is 1.66. The van der Waals surface area contributed by atoms with Crippen LogP contribution in [0.2, 0.25) is 0 Å². The molecule has 2 heterocycles. The molecule has 14 nitrogen and oxygen atoms in total. The Kier molecular flexibility index (Phi) is 56.1. The van der Waals surface area contributed by atoms with Gasteiger partial charge in [-0.05, 0) is 44.9 Å². The van der Waals surface area contributed by atoms with Gasteiger partial charge in [-0.2, -0.15) is 0 Å². The summed E-state index contributed by atoms with van der Waals surface area (Å²) in [5.74, 6) is -0.246. The first kappa shape index (κ1) is 83.3. The molecule has 0 saturated carbocycles. The molecule has 2 aliphatic heterocycles. The minimum atomic E-state index is -1.79. The lowest BCUT2D eigenvalue weighted by molar-refractivity contribution is -0.359. The summed E-state index contributed by atoms with van der Waals surface area (Å²) in [5, 5.41) is 87.5. The topological polar surface area (TPSA) is 228 Å². The van der Waals surface area contributed by atoms with E-state index < -0.39 is 86.8 Å². The van der Waals surface area contributed by atoms with Crippen molar-refractivity contribution in [3.8, 4) is 0 Å². The fourth-order valence-corrected chi connectivity index (χ4v) is 12.6. The van der Waals surface area contributed by atoms with Crippen molar-refractivity contribution in [1.29, 1.82) is 0 Å². The van der Waals surface area contributed by atoms with E-state index in [1.54, 1.807) is 6.08 Å². The van der Waals surface area contributed by atoms with Gasteiger partial charge in [-0.1, -0.05) is 326 Å². The molecule has 2 saturated heterocycles. The zero-order valence-electron chi connectivity index (χ0n) is 57.2. The highest BCUT2D eigenvalue weighted by atomic mass is 16.7. The van der Waals surface area contributed by atoms with Gasteiger partial charge in [0.05, 0.1) is 32.0 Å². The number of unbranched alkanes of at least 4 members (excludes halogenated alkanes) is 46. The van der Waals surface area contributed by atoms with Crippen molar-refractivity contribution in [2.24, 2.45) is 0 Å². The van der Waals surface area contributed by atoms with Crippen LogP contribution in [-0.4, -0.2) is 140 Å². The molecule has 1 amide bonds. The van der Waals surface area contributed by atoms with Crippen molar-refractivity contribution in [2.75, 3.05) is 19.8 Å². The van der Waals surface area contributed by atoms with Crippen LogP contribution in [0.3, 0.4) is 0 Å². The van der Waals surface area contributed by atoms with Gasteiger partial charge < -0.3 is 65.1 Å². The lowest BCUT2D eigenvalue weighted by Gasteiger charge is -2.46. The van der Waals surface area contributed by atoms with Gasteiger partial charge >= 0.3 is 0 Å². The largest absolute Gasteiger partial charge is 0.394 e. The molecule has 0 bridgehead atoms. The summed E-state index contributed by atoms with van der Waals surface area (Å²) in [6, 6.07) is -0.937. The van der Waals surface area contributed by atoms with Gasteiger partial charge in [0, 0.05) is 6.42 Å². The third-order valence-electron chi connectivity index (χ3n) is 18.6. The fraction of sp³-hybridized carbons (Fsp3) is 0.907. The third-order valence-corrected chi connectivity index (χ3v) is 18.6. The number of aliphatic hydroxyl groups is 8. The summed E-state index contributed by atoms with van der Waals surface area (Å²) in [4.78, 5) is 13.3. The van der Waals surface area contributed by atoms with Crippen LogP contribution in [0.1, 0.15) is 341 Å². The van der Waals surface area contributed by atoms with Gasteiger partial charge in [0.25, 0.3) is 0 Å². The first-order valence-electron chi connectivity index (χ1n) is 37.7. The van der Waals surface area contributed by atoms with Crippen LogP contribution in [0.15, 0.2) is 36.5 Å². The van der Waals surface area contributed by atoms with Crippen molar-refractivity contribution >= 4 is 5.91 Å². The number of allylic oxidation sites excluding steroid dienone is 5. The predicted molar refractivity (Wildman–Crippen MR) is 365 cm³/mol. The summed E-state index contributed by atoms with van der Waals surface area (Å²) in [6.45, 7) is 2.83. The molecule has 0 aromatic carbocycles. The van der Waals surface area contributed by atoms with Crippen LogP contribution in [0, 0.1) is 0 Å². The lowest BCUT2D eigenvalue weighted by atomic mass is 9.97. The Hall–Kier alpha value is -1.79. The Morgan fingerprint density at radius 1 is 0.393 bits per heavy atom. The third kappa shape index (κ3) is 43.7. The molecule has 0 spiro atoms. The summed E-state index contributed by atoms with van der Waals surface area (Å²) < 4.78 is 22.9. The SMILES string of the molecule is CCCCCCCCCCCCCCCC/C=C/CC/C=C/CC/C=C/C(O)C(COC1OC(CO)C(OC2OC(CO)C(O)C(O)C2O)C(O)C1O)NC(=O)CCCCCCCCCCCCCCCCCCCCCCCCCCCCCCCCC. The maximum absolute atomic E-state index is 13.3. The zero-order chi connectivity index (χ0) is 64.5. The fourth-order valence-electron chi connectivity index (χ4n) is 12.6. The second-order valence-corrected chi connectivity index (χ2v) is 26.8. The average molecular weight is 1260 g/mol. The van der Waals surface area contributed by atoms with Crippen molar-refractivity contribution in [3.63, 3.8) is 0 Å². The Bertz CT molecular complexity index is 1630. The minimum absolute atomic E-state index is 0.246. The van der Waals surface area contributed by atoms with E-state index in [0.29, 0.717) is 12.8 Å². The molecule has 524 valence electrons. The molecule has 0 radical (unpaired) electrons. The number of carbonyl (C=O) groups excluding carboxylic acids is 1. The van der Waals surface area contributed by atoms with Crippen molar-refractivity contribution in [3.05, 3.63) is 36.5 Å².